The second-order valence-corrected chi connectivity index (χ2v) is 8.21. The van der Waals surface area contributed by atoms with Gasteiger partial charge in [0, 0.05) is 5.69 Å². The third-order valence-corrected chi connectivity index (χ3v) is 5.94. The van der Waals surface area contributed by atoms with Crippen LogP contribution in [-0.2, 0) is 9.09 Å². The first-order valence-electron chi connectivity index (χ1n) is 9.44. The normalized spacial score (nSPS) is 13.8. The van der Waals surface area contributed by atoms with Gasteiger partial charge in [-0.05, 0) is 61.0 Å². The number of benzene rings is 3. The van der Waals surface area contributed by atoms with Crippen LogP contribution in [-0.4, -0.2) is 13.7 Å². The summed E-state index contributed by atoms with van der Waals surface area (Å²) in [6, 6.07) is 23.3. The van der Waals surface area contributed by atoms with Crippen LogP contribution in [0.2, 0.25) is 0 Å². The van der Waals surface area contributed by atoms with Gasteiger partial charge in [-0.2, -0.15) is 10.2 Å². The van der Waals surface area contributed by atoms with Crippen molar-refractivity contribution in [3.63, 3.8) is 0 Å². The maximum absolute atomic E-state index is 12.7. The second-order valence-electron chi connectivity index (χ2n) is 6.36. The first-order chi connectivity index (χ1) is 14.5. The van der Waals surface area contributed by atoms with E-state index in [4.69, 9.17) is 9.26 Å². The zero-order valence-electron chi connectivity index (χ0n) is 17.8. The van der Waals surface area contributed by atoms with E-state index in [0.29, 0.717) is 22.7 Å². The summed E-state index contributed by atoms with van der Waals surface area (Å²) in [5.74, 6) is -0.400. The van der Waals surface area contributed by atoms with Gasteiger partial charge in [-0.3, -0.25) is 0 Å². The van der Waals surface area contributed by atoms with E-state index in [1.54, 1.807) is 62.6 Å². The van der Waals surface area contributed by atoms with E-state index < -0.39 is 13.4 Å². The molecule has 0 bridgehead atoms. The van der Waals surface area contributed by atoms with Gasteiger partial charge in [-0.15, -0.1) is 0 Å². The minimum absolute atomic E-state index is 0. The number of nitrogens with zero attached hydrogens (tertiary/aromatic N) is 2. The minimum Gasteiger partial charge on any atom is -0.777 e. The molecule has 1 N–H and O–H groups in total. The zero-order valence-corrected chi connectivity index (χ0v) is 21.8. The average molecular weight is 464 g/mol. The molecule has 156 valence electrons. The monoisotopic (exact) mass is 463 g/mol. The van der Waals surface area contributed by atoms with E-state index in [1.165, 1.54) is 0 Å². The van der Waals surface area contributed by atoms with Gasteiger partial charge < -0.3 is 24.0 Å². The number of methoxy groups -OCH3 is 1. The van der Waals surface area contributed by atoms with Crippen molar-refractivity contribution in [3.05, 3.63) is 84.4 Å². The topological polar surface area (TPSA) is 95.3 Å². The molecule has 0 radical (unpaired) electrons. The van der Waals surface area contributed by atoms with Crippen LogP contribution in [0.3, 0.4) is 0 Å². The molecule has 2 atom stereocenters. The molecule has 0 spiro atoms. The Labute approximate surface area is 224 Å². The summed E-state index contributed by atoms with van der Waals surface area (Å²) < 4.78 is 22.9. The van der Waals surface area contributed by atoms with Crippen molar-refractivity contribution >= 4 is 24.7 Å². The molecule has 0 saturated heterocycles. The Morgan fingerprint density at radius 2 is 1.52 bits per heavy atom. The second kappa shape index (κ2) is 12.6. The summed E-state index contributed by atoms with van der Waals surface area (Å²) >= 11 is 0. The summed E-state index contributed by atoms with van der Waals surface area (Å²) in [6.07, 6.45) is 0. The molecular formula is C22H23KN3O4P. The molecule has 0 fully saturated rings. The molecule has 3 rings (SSSR count). The van der Waals surface area contributed by atoms with Crippen LogP contribution in [0, 0.1) is 0 Å². The summed E-state index contributed by atoms with van der Waals surface area (Å²) in [6.45, 7) is 1.70. The minimum atomic E-state index is -4.22. The molecule has 31 heavy (non-hydrogen) atoms. The number of anilines is 1. The fraction of sp³-hybridized carbons (Fsp3) is 0.182. The molecule has 0 aromatic heterocycles. The van der Waals surface area contributed by atoms with Gasteiger partial charge in [0.05, 0.1) is 25.1 Å². The van der Waals surface area contributed by atoms with Crippen LogP contribution < -0.4 is 66.3 Å². The van der Waals surface area contributed by atoms with Gasteiger partial charge in [-0.25, -0.2) is 0 Å². The van der Waals surface area contributed by atoms with Crippen molar-refractivity contribution in [2.45, 2.75) is 12.7 Å². The smallest absolute Gasteiger partial charge is 0.777 e. The molecule has 3 aromatic rings. The number of hydrogen-bond acceptors (Lipinski definition) is 7. The van der Waals surface area contributed by atoms with Crippen molar-refractivity contribution in [1.82, 2.24) is 0 Å². The number of rotatable bonds is 9. The van der Waals surface area contributed by atoms with Crippen molar-refractivity contribution in [1.29, 1.82) is 0 Å². The number of nitrogens with one attached hydrogen (secondary N) is 1. The van der Waals surface area contributed by atoms with E-state index >= 15 is 0 Å². The van der Waals surface area contributed by atoms with Crippen LogP contribution in [0.1, 0.15) is 18.3 Å². The molecule has 0 aliphatic carbocycles. The quantitative estimate of drug-likeness (QED) is 0.299. The van der Waals surface area contributed by atoms with E-state index in [0.717, 1.165) is 5.69 Å². The van der Waals surface area contributed by atoms with E-state index in [-0.39, 0.29) is 58.0 Å². The van der Waals surface area contributed by atoms with E-state index in [1.807, 2.05) is 30.3 Å². The molecular weight excluding hydrogens is 440 g/mol. The third-order valence-electron chi connectivity index (χ3n) is 4.26. The largest absolute Gasteiger partial charge is 1.00 e. The number of azo groups is 1. The van der Waals surface area contributed by atoms with E-state index in [9.17, 15) is 9.46 Å². The molecule has 2 unspecified atom stereocenters. The fourth-order valence-electron chi connectivity index (χ4n) is 2.78. The maximum Gasteiger partial charge on any atom is 1.00 e. The number of hydrogen-bond donors (Lipinski definition) is 1. The van der Waals surface area contributed by atoms with Crippen molar-refractivity contribution in [3.8, 4) is 5.75 Å². The molecule has 0 heterocycles. The van der Waals surface area contributed by atoms with Crippen molar-refractivity contribution < 1.29 is 70.1 Å². The van der Waals surface area contributed by atoms with Gasteiger partial charge in [0.2, 0.25) is 0 Å². The Hall–Kier alpha value is -1.35. The summed E-state index contributed by atoms with van der Waals surface area (Å²) in [5.41, 5.74) is 2.57. The Bertz CT molecular complexity index is 1020. The summed E-state index contributed by atoms with van der Waals surface area (Å²) in [5, 5.41) is 11.4. The van der Waals surface area contributed by atoms with Gasteiger partial charge in [0.15, 0.2) is 7.60 Å². The summed E-state index contributed by atoms with van der Waals surface area (Å²) in [7, 11) is -2.67. The molecule has 7 nitrogen and oxygen atoms in total. The van der Waals surface area contributed by atoms with Crippen LogP contribution in [0.25, 0.3) is 0 Å². The predicted molar refractivity (Wildman–Crippen MR) is 116 cm³/mol. The predicted octanol–water partition coefficient (Wildman–Crippen LogP) is 2.82. The molecule has 0 aliphatic heterocycles. The molecule has 0 aliphatic rings. The van der Waals surface area contributed by atoms with Crippen LogP contribution >= 0.6 is 7.60 Å². The number of ether oxygens (including phenoxy) is 1. The first-order valence-corrected chi connectivity index (χ1v) is 11.1. The van der Waals surface area contributed by atoms with Crippen molar-refractivity contribution in [2.24, 2.45) is 10.2 Å². The van der Waals surface area contributed by atoms with Crippen LogP contribution in [0.5, 0.6) is 5.75 Å². The summed E-state index contributed by atoms with van der Waals surface area (Å²) in [4.78, 5) is 12.7. The molecule has 0 amide bonds. The van der Waals surface area contributed by atoms with Crippen LogP contribution in [0.15, 0.2) is 89.1 Å². The molecule has 0 saturated carbocycles. The SMILES string of the molecule is CCOP(=O)([O-])C(Nc1ccc(N=Nc2ccccc2)cc1)c1ccc(OC)cc1.[K+]. The molecule has 3 aromatic carbocycles. The average Bonchev–Trinajstić information content (AvgIpc) is 2.77. The standard InChI is InChI=1S/C22H24N3O4P.K/c1-3-29-30(26,27)22(17-9-15-21(28-2)16-10-17)23-18-11-13-20(14-12-18)25-24-19-7-5-4-6-8-19;/h4-16,22-23H,3H2,1-2H3,(H,26,27);/q;+1/p-1. The Kier molecular flexibility index (Phi) is 10.5. The van der Waals surface area contributed by atoms with Gasteiger partial charge in [0.1, 0.15) is 11.5 Å². The fourth-order valence-corrected chi connectivity index (χ4v) is 4.13. The first kappa shape index (κ1) is 25.9. The zero-order chi connectivity index (χ0) is 21.4. The Balaban J connectivity index is 0.00000341. The van der Waals surface area contributed by atoms with E-state index in [2.05, 4.69) is 15.5 Å². The van der Waals surface area contributed by atoms with Gasteiger partial charge >= 0.3 is 51.4 Å². The Morgan fingerprint density at radius 1 is 0.935 bits per heavy atom. The van der Waals surface area contributed by atoms with Gasteiger partial charge in [0.25, 0.3) is 0 Å². The third kappa shape index (κ3) is 7.63. The maximum atomic E-state index is 12.7. The Morgan fingerprint density at radius 3 is 2.06 bits per heavy atom. The molecule has 9 heteroatoms. The van der Waals surface area contributed by atoms with Crippen LogP contribution in [0.4, 0.5) is 17.1 Å². The van der Waals surface area contributed by atoms with Crippen molar-refractivity contribution in [2.75, 3.05) is 19.0 Å². The van der Waals surface area contributed by atoms with Gasteiger partial charge in [-0.1, -0.05) is 30.3 Å².